The zero-order valence-electron chi connectivity index (χ0n) is 13.9. The molecule has 1 aliphatic rings. The smallest absolute Gasteiger partial charge is 0.249 e. The average Bonchev–Trinajstić information content (AvgIpc) is 2.53. The molecule has 0 radical (unpaired) electrons. The Hall–Kier alpha value is -1.84. The van der Waals surface area contributed by atoms with E-state index in [1.54, 1.807) is 4.90 Å². The molecule has 1 fully saturated rings. The number of rotatable bonds is 5. The molecule has 2 amide bonds. The molecule has 0 aliphatic carbocycles. The Labute approximate surface area is 132 Å². The number of benzene rings is 1. The number of piperazine rings is 1. The van der Waals surface area contributed by atoms with Crippen LogP contribution >= 0.6 is 0 Å². The van der Waals surface area contributed by atoms with Gasteiger partial charge in [0.15, 0.2) is 0 Å². The van der Waals surface area contributed by atoms with E-state index >= 15 is 0 Å². The minimum absolute atomic E-state index is 0.0174. The topological polar surface area (TPSA) is 49.4 Å². The van der Waals surface area contributed by atoms with Crippen LogP contribution in [0, 0.1) is 5.92 Å². The lowest BCUT2D eigenvalue weighted by Gasteiger charge is -2.46. The van der Waals surface area contributed by atoms with Gasteiger partial charge in [-0.2, -0.15) is 0 Å². The van der Waals surface area contributed by atoms with Crippen LogP contribution in [0.3, 0.4) is 0 Å². The monoisotopic (exact) mass is 302 g/mol. The van der Waals surface area contributed by atoms with Crippen molar-refractivity contribution in [3.8, 4) is 0 Å². The highest BCUT2D eigenvalue weighted by atomic mass is 16.2. The molecule has 120 valence electrons. The number of carbonyl (C=O) groups excluding carboxylic acids is 2. The number of nitrogens with zero attached hydrogens (tertiary/aromatic N) is 1. The number of hydrogen-bond acceptors (Lipinski definition) is 2. The predicted octanol–water partition coefficient (Wildman–Crippen LogP) is 2.73. The first-order chi connectivity index (χ1) is 10.4. The highest BCUT2D eigenvalue weighted by Gasteiger charge is 2.48. The summed E-state index contributed by atoms with van der Waals surface area (Å²) >= 11 is 0. The van der Waals surface area contributed by atoms with Crippen LogP contribution in [0.4, 0.5) is 0 Å². The molecular formula is C18H26N2O2. The summed E-state index contributed by atoms with van der Waals surface area (Å²) in [6.07, 6.45) is 1.45. The Morgan fingerprint density at radius 1 is 1.23 bits per heavy atom. The van der Waals surface area contributed by atoms with Crippen LogP contribution in [0.25, 0.3) is 0 Å². The van der Waals surface area contributed by atoms with Gasteiger partial charge in [0, 0.05) is 6.54 Å². The number of nitrogens with one attached hydrogen (secondary N) is 1. The second-order valence-electron chi connectivity index (χ2n) is 6.42. The Kier molecular flexibility index (Phi) is 4.89. The molecule has 1 heterocycles. The summed E-state index contributed by atoms with van der Waals surface area (Å²) in [5.74, 6) is 0.118. The van der Waals surface area contributed by atoms with Gasteiger partial charge in [0.25, 0.3) is 0 Å². The molecule has 1 saturated heterocycles. The third kappa shape index (κ3) is 3.01. The third-order valence-corrected chi connectivity index (χ3v) is 4.82. The Balaban J connectivity index is 2.36. The van der Waals surface area contributed by atoms with Gasteiger partial charge in [-0.15, -0.1) is 0 Å². The molecule has 1 aromatic rings. The summed E-state index contributed by atoms with van der Waals surface area (Å²) in [4.78, 5) is 27.4. The van der Waals surface area contributed by atoms with Gasteiger partial charge in [-0.3, -0.25) is 9.59 Å². The minimum Gasteiger partial charge on any atom is -0.340 e. The van der Waals surface area contributed by atoms with Gasteiger partial charge in [0.1, 0.15) is 11.6 Å². The van der Waals surface area contributed by atoms with Crippen LogP contribution in [-0.2, 0) is 16.1 Å². The van der Waals surface area contributed by atoms with E-state index < -0.39 is 11.6 Å². The number of carbonyl (C=O) groups is 2. The van der Waals surface area contributed by atoms with Crippen LogP contribution < -0.4 is 5.32 Å². The van der Waals surface area contributed by atoms with E-state index in [2.05, 4.69) is 12.2 Å². The first kappa shape index (κ1) is 16.5. The van der Waals surface area contributed by atoms with Crippen LogP contribution in [0.2, 0.25) is 0 Å². The lowest BCUT2D eigenvalue weighted by molar-refractivity contribution is -0.157. The molecule has 4 nitrogen and oxygen atoms in total. The maximum atomic E-state index is 13.0. The van der Waals surface area contributed by atoms with E-state index in [1.807, 2.05) is 51.1 Å². The molecular weight excluding hydrogens is 276 g/mol. The molecule has 1 aromatic carbocycles. The fourth-order valence-electron chi connectivity index (χ4n) is 2.96. The predicted molar refractivity (Wildman–Crippen MR) is 87.1 cm³/mol. The van der Waals surface area contributed by atoms with Crippen molar-refractivity contribution in [3.63, 3.8) is 0 Å². The van der Waals surface area contributed by atoms with E-state index in [0.29, 0.717) is 13.0 Å². The lowest BCUT2D eigenvalue weighted by atomic mass is 9.86. The molecule has 0 aromatic heterocycles. The SMILES string of the molecule is CCC(C)C1C(=O)NC(C)(CC)C(=O)N1Cc1ccccc1. The molecule has 0 saturated carbocycles. The second-order valence-corrected chi connectivity index (χ2v) is 6.42. The second kappa shape index (κ2) is 6.51. The van der Waals surface area contributed by atoms with Gasteiger partial charge in [0.2, 0.25) is 11.8 Å². The van der Waals surface area contributed by atoms with E-state index in [4.69, 9.17) is 0 Å². The third-order valence-electron chi connectivity index (χ3n) is 4.82. The van der Waals surface area contributed by atoms with Gasteiger partial charge in [-0.25, -0.2) is 0 Å². The van der Waals surface area contributed by atoms with Crippen molar-refractivity contribution in [2.75, 3.05) is 0 Å². The van der Waals surface area contributed by atoms with Crippen LogP contribution in [-0.4, -0.2) is 28.3 Å². The molecule has 1 aliphatic heterocycles. The largest absolute Gasteiger partial charge is 0.340 e. The van der Waals surface area contributed by atoms with Gasteiger partial charge in [0.05, 0.1) is 0 Å². The zero-order valence-corrected chi connectivity index (χ0v) is 13.9. The molecule has 3 unspecified atom stereocenters. The Morgan fingerprint density at radius 2 is 1.86 bits per heavy atom. The highest BCUT2D eigenvalue weighted by Crippen LogP contribution is 2.28. The number of hydrogen-bond donors (Lipinski definition) is 1. The fraction of sp³-hybridized carbons (Fsp3) is 0.556. The molecule has 0 spiro atoms. The quantitative estimate of drug-likeness (QED) is 0.909. The van der Waals surface area contributed by atoms with Crippen molar-refractivity contribution < 1.29 is 9.59 Å². The van der Waals surface area contributed by atoms with Crippen molar-refractivity contribution in [3.05, 3.63) is 35.9 Å². The van der Waals surface area contributed by atoms with E-state index in [9.17, 15) is 9.59 Å². The Bertz CT molecular complexity index is 543. The summed E-state index contributed by atoms with van der Waals surface area (Å²) in [5, 5.41) is 2.94. The summed E-state index contributed by atoms with van der Waals surface area (Å²) in [6.45, 7) is 8.32. The molecule has 3 atom stereocenters. The first-order valence-corrected chi connectivity index (χ1v) is 8.10. The molecule has 4 heteroatoms. The van der Waals surface area contributed by atoms with Crippen molar-refractivity contribution in [1.82, 2.24) is 10.2 Å². The first-order valence-electron chi connectivity index (χ1n) is 8.10. The van der Waals surface area contributed by atoms with Gasteiger partial charge >= 0.3 is 0 Å². The molecule has 1 N–H and O–H groups in total. The van der Waals surface area contributed by atoms with Crippen molar-refractivity contribution in [2.24, 2.45) is 5.92 Å². The normalized spacial score (nSPS) is 26.7. The lowest BCUT2D eigenvalue weighted by Crippen LogP contribution is -2.69. The number of amides is 2. The van der Waals surface area contributed by atoms with Crippen molar-refractivity contribution >= 4 is 11.8 Å². The van der Waals surface area contributed by atoms with Crippen molar-refractivity contribution in [2.45, 2.75) is 58.7 Å². The fourth-order valence-corrected chi connectivity index (χ4v) is 2.96. The molecule has 0 bridgehead atoms. The molecule has 2 rings (SSSR count). The maximum Gasteiger partial charge on any atom is 0.249 e. The summed E-state index contributed by atoms with van der Waals surface area (Å²) in [5.41, 5.74) is 0.257. The van der Waals surface area contributed by atoms with Gasteiger partial charge < -0.3 is 10.2 Å². The minimum atomic E-state index is -0.796. The average molecular weight is 302 g/mol. The zero-order chi connectivity index (χ0) is 16.3. The van der Waals surface area contributed by atoms with E-state index in [1.165, 1.54) is 0 Å². The van der Waals surface area contributed by atoms with Crippen molar-refractivity contribution in [1.29, 1.82) is 0 Å². The van der Waals surface area contributed by atoms with Crippen LogP contribution in [0.5, 0.6) is 0 Å². The van der Waals surface area contributed by atoms with Crippen LogP contribution in [0.1, 0.15) is 46.1 Å². The van der Waals surface area contributed by atoms with E-state index in [-0.39, 0.29) is 17.7 Å². The summed E-state index contributed by atoms with van der Waals surface area (Å²) < 4.78 is 0. The molecule has 22 heavy (non-hydrogen) atoms. The van der Waals surface area contributed by atoms with Gasteiger partial charge in [-0.05, 0) is 24.8 Å². The van der Waals surface area contributed by atoms with E-state index in [0.717, 1.165) is 12.0 Å². The maximum absolute atomic E-state index is 13.0. The standard InChI is InChI=1S/C18H26N2O2/c1-5-13(3)15-16(21)19-18(4,6-2)17(22)20(15)12-14-10-8-7-9-11-14/h7-11,13,15H,5-6,12H2,1-4H3,(H,19,21). The van der Waals surface area contributed by atoms with Crippen LogP contribution in [0.15, 0.2) is 30.3 Å². The van der Waals surface area contributed by atoms with Gasteiger partial charge in [-0.1, -0.05) is 57.5 Å². The highest BCUT2D eigenvalue weighted by molar-refractivity contribution is 5.99. The summed E-state index contributed by atoms with van der Waals surface area (Å²) in [6, 6.07) is 9.48. The Morgan fingerprint density at radius 3 is 2.41 bits per heavy atom. The summed E-state index contributed by atoms with van der Waals surface area (Å²) in [7, 11) is 0.